The van der Waals surface area contributed by atoms with Gasteiger partial charge in [-0.2, -0.15) is 0 Å². The molecule has 0 aliphatic heterocycles. The molecule has 0 unspecified atom stereocenters. The predicted molar refractivity (Wildman–Crippen MR) is 68.1 cm³/mol. The van der Waals surface area contributed by atoms with Gasteiger partial charge in [0.15, 0.2) is 5.82 Å². The molecule has 0 amide bonds. The zero-order valence-electron chi connectivity index (χ0n) is 9.97. The Morgan fingerprint density at radius 3 is 2.41 bits per heavy atom. The van der Waals surface area contributed by atoms with Gasteiger partial charge in [0.25, 0.3) is 0 Å². The molecule has 1 aromatic heterocycles. The van der Waals surface area contributed by atoms with Crippen LogP contribution in [0.3, 0.4) is 0 Å². The van der Waals surface area contributed by atoms with Crippen molar-refractivity contribution in [1.29, 1.82) is 0 Å². The number of hydrogen-bond acceptors (Lipinski definition) is 4. The number of anilines is 1. The number of nitrogen functional groups attached to an aromatic ring is 2. The zero-order valence-corrected chi connectivity index (χ0v) is 9.97. The fourth-order valence-electron chi connectivity index (χ4n) is 1.65. The van der Waals surface area contributed by atoms with Crippen molar-refractivity contribution < 1.29 is 4.74 Å². The van der Waals surface area contributed by atoms with E-state index in [0.29, 0.717) is 23.9 Å². The Morgan fingerprint density at radius 2 is 1.94 bits per heavy atom. The Balaban J connectivity index is 2.36. The first kappa shape index (κ1) is 11.3. The van der Waals surface area contributed by atoms with E-state index in [0.717, 1.165) is 11.3 Å². The summed E-state index contributed by atoms with van der Waals surface area (Å²) in [6.45, 7) is 4.41. The third-order valence-electron chi connectivity index (χ3n) is 2.56. The van der Waals surface area contributed by atoms with Crippen molar-refractivity contribution in [3.63, 3.8) is 0 Å². The average Bonchev–Trinajstić information content (AvgIpc) is 2.59. The molecule has 0 aliphatic rings. The van der Waals surface area contributed by atoms with Crippen molar-refractivity contribution in [3.8, 4) is 17.0 Å². The van der Waals surface area contributed by atoms with Gasteiger partial charge in [0.1, 0.15) is 17.3 Å². The number of imidazole rings is 1. The third-order valence-corrected chi connectivity index (χ3v) is 2.56. The monoisotopic (exact) mass is 232 g/mol. The highest BCUT2D eigenvalue weighted by Crippen LogP contribution is 2.26. The van der Waals surface area contributed by atoms with Gasteiger partial charge in [-0.05, 0) is 38.1 Å². The lowest BCUT2D eigenvalue weighted by Crippen LogP contribution is -2.13. The molecule has 0 radical (unpaired) electrons. The normalized spacial score (nSPS) is 10.5. The molecule has 0 atom stereocenters. The zero-order chi connectivity index (χ0) is 12.4. The molecule has 5 nitrogen and oxygen atoms in total. The number of benzene rings is 1. The van der Waals surface area contributed by atoms with Crippen LogP contribution >= 0.6 is 0 Å². The topological polar surface area (TPSA) is 79.1 Å². The summed E-state index contributed by atoms with van der Waals surface area (Å²) in [6.07, 6.45) is 0. The van der Waals surface area contributed by atoms with Crippen molar-refractivity contribution in [2.45, 2.75) is 13.8 Å². The van der Waals surface area contributed by atoms with Crippen molar-refractivity contribution in [2.24, 2.45) is 0 Å². The Kier molecular flexibility index (Phi) is 2.91. The lowest BCUT2D eigenvalue weighted by atomic mass is 10.1. The molecule has 2 rings (SSSR count). The first-order valence-electron chi connectivity index (χ1n) is 5.46. The van der Waals surface area contributed by atoms with Crippen molar-refractivity contribution >= 4 is 5.82 Å². The number of aromatic nitrogens is 2. The van der Waals surface area contributed by atoms with Crippen molar-refractivity contribution in [1.82, 2.24) is 9.66 Å². The fraction of sp³-hybridized carbons (Fsp3) is 0.250. The van der Waals surface area contributed by atoms with Gasteiger partial charge in [-0.3, -0.25) is 0 Å². The van der Waals surface area contributed by atoms with Crippen LogP contribution in [0.2, 0.25) is 0 Å². The SMILES string of the molecule is CCOc1ccc(-c2nc(C)n(N)c2N)cc1. The van der Waals surface area contributed by atoms with E-state index in [1.165, 1.54) is 4.68 Å². The van der Waals surface area contributed by atoms with Gasteiger partial charge in [-0.25, -0.2) is 9.66 Å². The van der Waals surface area contributed by atoms with E-state index < -0.39 is 0 Å². The van der Waals surface area contributed by atoms with Gasteiger partial charge >= 0.3 is 0 Å². The van der Waals surface area contributed by atoms with Crippen molar-refractivity contribution in [2.75, 3.05) is 18.2 Å². The molecular weight excluding hydrogens is 216 g/mol. The second-order valence-corrected chi connectivity index (χ2v) is 3.72. The molecule has 0 bridgehead atoms. The van der Waals surface area contributed by atoms with E-state index in [1.807, 2.05) is 38.1 Å². The summed E-state index contributed by atoms with van der Waals surface area (Å²) in [5, 5.41) is 0. The Morgan fingerprint density at radius 1 is 1.29 bits per heavy atom. The summed E-state index contributed by atoms with van der Waals surface area (Å²) < 4.78 is 6.76. The number of rotatable bonds is 3. The van der Waals surface area contributed by atoms with Gasteiger partial charge in [0.2, 0.25) is 0 Å². The van der Waals surface area contributed by atoms with Crippen LogP contribution in [0.4, 0.5) is 5.82 Å². The van der Waals surface area contributed by atoms with Gasteiger partial charge < -0.3 is 16.3 Å². The highest BCUT2D eigenvalue weighted by molar-refractivity contribution is 5.71. The number of ether oxygens (including phenoxy) is 1. The maximum absolute atomic E-state index is 5.88. The van der Waals surface area contributed by atoms with Crippen LogP contribution in [-0.2, 0) is 0 Å². The Hall–Kier alpha value is -2.17. The molecule has 0 aliphatic carbocycles. The molecular formula is C12H16N4O. The van der Waals surface area contributed by atoms with Crippen LogP contribution in [0.15, 0.2) is 24.3 Å². The predicted octanol–water partition coefficient (Wildman–Crippen LogP) is 1.55. The first-order valence-corrected chi connectivity index (χ1v) is 5.46. The molecule has 0 saturated carbocycles. The fourth-order valence-corrected chi connectivity index (χ4v) is 1.65. The summed E-state index contributed by atoms with van der Waals surface area (Å²) >= 11 is 0. The maximum atomic E-state index is 5.88. The van der Waals surface area contributed by atoms with E-state index >= 15 is 0 Å². The van der Waals surface area contributed by atoms with Gasteiger partial charge in [-0.15, -0.1) is 0 Å². The smallest absolute Gasteiger partial charge is 0.150 e. The summed E-state index contributed by atoms with van der Waals surface area (Å²) in [4.78, 5) is 4.33. The highest BCUT2D eigenvalue weighted by atomic mass is 16.5. The van der Waals surface area contributed by atoms with Crippen LogP contribution in [0.5, 0.6) is 5.75 Å². The largest absolute Gasteiger partial charge is 0.494 e. The van der Waals surface area contributed by atoms with E-state index in [-0.39, 0.29) is 0 Å². The molecule has 17 heavy (non-hydrogen) atoms. The lowest BCUT2D eigenvalue weighted by Gasteiger charge is -2.04. The Bertz CT molecular complexity index is 516. The van der Waals surface area contributed by atoms with Crippen LogP contribution in [0, 0.1) is 6.92 Å². The minimum atomic E-state index is 0.464. The molecule has 4 N–H and O–H groups in total. The third kappa shape index (κ3) is 2.04. The first-order chi connectivity index (χ1) is 8.13. The summed E-state index contributed by atoms with van der Waals surface area (Å²) in [5.41, 5.74) is 7.51. The second kappa shape index (κ2) is 4.37. The highest BCUT2D eigenvalue weighted by Gasteiger charge is 2.11. The minimum Gasteiger partial charge on any atom is -0.494 e. The minimum absolute atomic E-state index is 0.464. The second-order valence-electron chi connectivity index (χ2n) is 3.72. The van der Waals surface area contributed by atoms with E-state index in [2.05, 4.69) is 4.98 Å². The van der Waals surface area contributed by atoms with Gasteiger partial charge in [0, 0.05) is 5.56 Å². The van der Waals surface area contributed by atoms with Crippen LogP contribution in [0.1, 0.15) is 12.7 Å². The van der Waals surface area contributed by atoms with Gasteiger partial charge in [0.05, 0.1) is 6.61 Å². The number of nitrogens with zero attached hydrogens (tertiary/aromatic N) is 2. The van der Waals surface area contributed by atoms with Crippen LogP contribution < -0.4 is 16.3 Å². The quantitative estimate of drug-likeness (QED) is 0.787. The van der Waals surface area contributed by atoms with E-state index in [9.17, 15) is 0 Å². The standard InChI is InChI=1S/C12H16N4O/c1-3-17-10-6-4-9(5-7-10)11-12(13)16(14)8(2)15-11/h4-7H,3,13-14H2,1-2H3. The van der Waals surface area contributed by atoms with Gasteiger partial charge in [-0.1, -0.05) is 0 Å². The Labute approximate surface area is 100.0 Å². The average molecular weight is 232 g/mol. The summed E-state index contributed by atoms with van der Waals surface area (Å²) in [6, 6.07) is 7.62. The number of hydrogen-bond donors (Lipinski definition) is 2. The molecule has 5 heteroatoms. The molecule has 0 spiro atoms. The van der Waals surface area contributed by atoms with Crippen LogP contribution in [-0.4, -0.2) is 16.3 Å². The molecule has 2 aromatic rings. The van der Waals surface area contributed by atoms with E-state index in [4.69, 9.17) is 16.3 Å². The molecule has 0 saturated heterocycles. The molecule has 1 aromatic carbocycles. The molecule has 1 heterocycles. The van der Waals surface area contributed by atoms with E-state index in [1.54, 1.807) is 0 Å². The summed E-state index contributed by atoms with van der Waals surface area (Å²) in [7, 11) is 0. The van der Waals surface area contributed by atoms with Crippen molar-refractivity contribution in [3.05, 3.63) is 30.1 Å². The number of nitrogens with two attached hydrogens (primary N) is 2. The molecule has 0 fully saturated rings. The summed E-state index contributed by atoms with van der Waals surface area (Å²) in [5.74, 6) is 7.71. The molecule has 90 valence electrons. The number of aryl methyl sites for hydroxylation is 1. The maximum Gasteiger partial charge on any atom is 0.150 e. The van der Waals surface area contributed by atoms with Crippen LogP contribution in [0.25, 0.3) is 11.3 Å². The lowest BCUT2D eigenvalue weighted by molar-refractivity contribution is 0.340.